The number of aliphatic hydroxyl groups is 1. The highest BCUT2D eigenvalue weighted by Crippen LogP contribution is 2.15. The van der Waals surface area contributed by atoms with Gasteiger partial charge >= 0.3 is 0 Å². The molecule has 17 heavy (non-hydrogen) atoms. The number of aliphatic hydroxyl groups excluding tert-OH is 1. The van der Waals surface area contributed by atoms with Crippen molar-refractivity contribution >= 4 is 0 Å². The van der Waals surface area contributed by atoms with Crippen LogP contribution in [0.4, 0.5) is 0 Å². The second kappa shape index (κ2) is 7.37. The van der Waals surface area contributed by atoms with E-state index in [1.165, 1.54) is 0 Å². The number of pyridine rings is 1. The van der Waals surface area contributed by atoms with E-state index in [0.717, 1.165) is 18.8 Å². The van der Waals surface area contributed by atoms with Gasteiger partial charge in [0.15, 0.2) is 0 Å². The molecule has 0 bridgehead atoms. The lowest BCUT2D eigenvalue weighted by atomic mass is 10.1. The summed E-state index contributed by atoms with van der Waals surface area (Å²) in [6.07, 6.45) is 2.94. The molecular formula is C13H22N2O2. The molecule has 1 N–H and O–H groups in total. The summed E-state index contributed by atoms with van der Waals surface area (Å²) in [7, 11) is 2.01. The minimum absolute atomic E-state index is 0.455. The first kappa shape index (κ1) is 14.1. The summed E-state index contributed by atoms with van der Waals surface area (Å²) in [5.41, 5.74) is 0.865. The standard InChI is InChI=1S/C11H16N2O2.C2H6/c1-13(10-7-15-8-10)6-11(14)9-3-2-4-12-5-9;1-2/h2-5,10-11,14H,6-8H2,1H3;1-2H3. The van der Waals surface area contributed by atoms with Gasteiger partial charge in [0.2, 0.25) is 0 Å². The summed E-state index contributed by atoms with van der Waals surface area (Å²) in [5.74, 6) is 0. The zero-order chi connectivity index (χ0) is 12.7. The minimum atomic E-state index is -0.468. The van der Waals surface area contributed by atoms with Gasteiger partial charge in [-0.05, 0) is 13.1 Å². The zero-order valence-corrected chi connectivity index (χ0v) is 10.8. The molecule has 1 fully saturated rings. The largest absolute Gasteiger partial charge is 0.387 e. The Morgan fingerprint density at radius 3 is 2.71 bits per heavy atom. The summed E-state index contributed by atoms with van der Waals surface area (Å²) in [6, 6.07) is 4.18. The maximum absolute atomic E-state index is 9.94. The monoisotopic (exact) mass is 238 g/mol. The van der Waals surface area contributed by atoms with Crippen LogP contribution in [-0.4, -0.2) is 47.8 Å². The van der Waals surface area contributed by atoms with Crippen molar-refractivity contribution in [1.29, 1.82) is 0 Å². The fourth-order valence-corrected chi connectivity index (χ4v) is 1.58. The van der Waals surface area contributed by atoms with Crippen molar-refractivity contribution in [3.63, 3.8) is 0 Å². The van der Waals surface area contributed by atoms with Crippen LogP contribution < -0.4 is 0 Å². The van der Waals surface area contributed by atoms with Crippen molar-refractivity contribution in [2.24, 2.45) is 0 Å². The fourth-order valence-electron chi connectivity index (χ4n) is 1.58. The Kier molecular flexibility index (Phi) is 6.11. The lowest BCUT2D eigenvalue weighted by molar-refractivity contribution is -0.0659. The van der Waals surface area contributed by atoms with Gasteiger partial charge in [-0.2, -0.15) is 0 Å². The van der Waals surface area contributed by atoms with Crippen LogP contribution in [0.25, 0.3) is 0 Å². The van der Waals surface area contributed by atoms with Crippen molar-refractivity contribution in [1.82, 2.24) is 9.88 Å². The van der Waals surface area contributed by atoms with E-state index in [1.807, 2.05) is 33.0 Å². The van der Waals surface area contributed by atoms with Gasteiger partial charge in [-0.25, -0.2) is 0 Å². The fraction of sp³-hybridized carbons (Fsp3) is 0.615. The van der Waals surface area contributed by atoms with Crippen molar-refractivity contribution in [3.05, 3.63) is 30.1 Å². The number of hydrogen-bond acceptors (Lipinski definition) is 4. The van der Waals surface area contributed by atoms with E-state index in [1.54, 1.807) is 12.4 Å². The third kappa shape index (κ3) is 4.07. The number of nitrogens with zero attached hydrogens (tertiary/aromatic N) is 2. The highest BCUT2D eigenvalue weighted by molar-refractivity contribution is 5.12. The van der Waals surface area contributed by atoms with Crippen molar-refractivity contribution in [2.45, 2.75) is 26.0 Å². The Balaban J connectivity index is 0.000000686. The molecule has 4 heteroatoms. The van der Waals surface area contributed by atoms with E-state index < -0.39 is 6.10 Å². The molecule has 0 aromatic carbocycles. The van der Waals surface area contributed by atoms with Gasteiger partial charge in [0.1, 0.15) is 0 Å². The minimum Gasteiger partial charge on any atom is -0.387 e. The molecular weight excluding hydrogens is 216 g/mol. The molecule has 1 aromatic rings. The molecule has 0 amide bonds. The van der Waals surface area contributed by atoms with Crippen LogP contribution in [0.5, 0.6) is 0 Å². The van der Waals surface area contributed by atoms with Gasteiger partial charge in [-0.15, -0.1) is 0 Å². The molecule has 1 aromatic heterocycles. The topological polar surface area (TPSA) is 45.6 Å². The van der Waals surface area contributed by atoms with E-state index in [0.29, 0.717) is 12.6 Å². The average molecular weight is 238 g/mol. The van der Waals surface area contributed by atoms with Crippen molar-refractivity contribution < 1.29 is 9.84 Å². The first-order valence-corrected chi connectivity index (χ1v) is 6.13. The number of ether oxygens (including phenoxy) is 1. The highest BCUT2D eigenvalue weighted by Gasteiger charge is 2.24. The van der Waals surface area contributed by atoms with Gasteiger partial charge < -0.3 is 9.84 Å². The molecule has 4 nitrogen and oxygen atoms in total. The lowest BCUT2D eigenvalue weighted by Crippen LogP contribution is -2.48. The van der Waals surface area contributed by atoms with Gasteiger partial charge in [0.25, 0.3) is 0 Å². The summed E-state index contributed by atoms with van der Waals surface area (Å²) in [5, 5.41) is 9.94. The van der Waals surface area contributed by atoms with Crippen LogP contribution in [-0.2, 0) is 4.74 Å². The number of likely N-dealkylation sites (N-methyl/N-ethyl adjacent to an activating group) is 1. The van der Waals surface area contributed by atoms with Crippen LogP contribution in [0, 0.1) is 0 Å². The molecule has 1 aliphatic heterocycles. The number of rotatable bonds is 4. The second-order valence-corrected chi connectivity index (χ2v) is 3.93. The van der Waals surface area contributed by atoms with E-state index in [-0.39, 0.29) is 0 Å². The summed E-state index contributed by atoms with van der Waals surface area (Å²) < 4.78 is 5.11. The smallest absolute Gasteiger partial charge is 0.0931 e. The average Bonchev–Trinajstić information content (AvgIpc) is 2.30. The second-order valence-electron chi connectivity index (χ2n) is 3.93. The molecule has 1 atom stereocenters. The van der Waals surface area contributed by atoms with E-state index >= 15 is 0 Å². The SMILES string of the molecule is CC.CN(CC(O)c1cccnc1)C1COC1. The maximum atomic E-state index is 9.94. The van der Waals surface area contributed by atoms with E-state index in [9.17, 15) is 5.11 Å². The Hall–Kier alpha value is -0.970. The predicted octanol–water partition coefficient (Wildman–Crippen LogP) is 1.47. The highest BCUT2D eigenvalue weighted by atomic mass is 16.5. The summed E-state index contributed by atoms with van der Waals surface area (Å²) >= 11 is 0. The molecule has 2 rings (SSSR count). The normalized spacial score (nSPS) is 17.0. The zero-order valence-electron chi connectivity index (χ0n) is 10.8. The number of aromatic nitrogens is 1. The van der Waals surface area contributed by atoms with Crippen LogP contribution in [0.3, 0.4) is 0 Å². The van der Waals surface area contributed by atoms with Crippen LogP contribution in [0.2, 0.25) is 0 Å². The third-order valence-corrected chi connectivity index (χ3v) is 2.77. The molecule has 2 heterocycles. The van der Waals surface area contributed by atoms with E-state index in [2.05, 4.69) is 9.88 Å². The molecule has 1 aliphatic rings. The van der Waals surface area contributed by atoms with Crippen LogP contribution in [0.1, 0.15) is 25.5 Å². The van der Waals surface area contributed by atoms with Crippen molar-refractivity contribution in [3.8, 4) is 0 Å². The molecule has 0 saturated carbocycles. The third-order valence-electron chi connectivity index (χ3n) is 2.77. The summed E-state index contributed by atoms with van der Waals surface area (Å²) in [6.45, 7) is 6.17. The van der Waals surface area contributed by atoms with Crippen LogP contribution in [0.15, 0.2) is 24.5 Å². The predicted molar refractivity (Wildman–Crippen MR) is 67.8 cm³/mol. The first-order valence-electron chi connectivity index (χ1n) is 6.13. The Morgan fingerprint density at radius 1 is 1.53 bits per heavy atom. The molecule has 0 radical (unpaired) electrons. The van der Waals surface area contributed by atoms with Gasteiger partial charge in [-0.1, -0.05) is 19.9 Å². The first-order chi connectivity index (χ1) is 8.27. The molecule has 1 saturated heterocycles. The number of hydrogen-bond donors (Lipinski definition) is 1. The van der Waals surface area contributed by atoms with Crippen LogP contribution >= 0.6 is 0 Å². The maximum Gasteiger partial charge on any atom is 0.0931 e. The Bertz CT molecular complexity index is 302. The lowest BCUT2D eigenvalue weighted by Gasteiger charge is -2.35. The molecule has 1 unspecified atom stereocenters. The molecule has 0 spiro atoms. The molecule has 0 aliphatic carbocycles. The summed E-state index contributed by atoms with van der Waals surface area (Å²) in [4.78, 5) is 6.11. The van der Waals surface area contributed by atoms with E-state index in [4.69, 9.17) is 4.74 Å². The van der Waals surface area contributed by atoms with Gasteiger partial charge in [0, 0.05) is 24.5 Å². The Morgan fingerprint density at radius 2 is 2.24 bits per heavy atom. The quantitative estimate of drug-likeness (QED) is 0.863. The van der Waals surface area contributed by atoms with Gasteiger partial charge in [-0.3, -0.25) is 9.88 Å². The molecule has 96 valence electrons. The van der Waals surface area contributed by atoms with Crippen molar-refractivity contribution in [2.75, 3.05) is 26.8 Å². The Labute approximate surface area is 103 Å². The van der Waals surface area contributed by atoms with Gasteiger partial charge in [0.05, 0.1) is 25.4 Å².